The molecule has 1 amide bonds. The van der Waals surface area contributed by atoms with Crippen LogP contribution in [0.4, 0.5) is 11.4 Å². The van der Waals surface area contributed by atoms with Crippen molar-refractivity contribution >= 4 is 52.1 Å². The van der Waals surface area contributed by atoms with E-state index in [1.807, 2.05) is 0 Å². The zero-order valence-corrected chi connectivity index (χ0v) is 12.8. The van der Waals surface area contributed by atoms with Gasteiger partial charge in [-0.25, -0.2) is 0 Å². The number of nitrogen functional groups attached to an aromatic ring is 1. The zero-order valence-electron chi connectivity index (χ0n) is 10.5. The Labute approximate surface area is 135 Å². The molecule has 0 unspecified atom stereocenters. The van der Waals surface area contributed by atoms with Crippen molar-refractivity contribution in [3.8, 4) is 11.5 Å². The van der Waals surface area contributed by atoms with Crippen molar-refractivity contribution in [2.75, 3.05) is 11.1 Å². The van der Waals surface area contributed by atoms with Crippen molar-refractivity contribution in [3.05, 3.63) is 44.9 Å². The summed E-state index contributed by atoms with van der Waals surface area (Å²) in [5.74, 6) is 0.646. The van der Waals surface area contributed by atoms with E-state index in [9.17, 15) is 4.79 Å². The highest BCUT2D eigenvalue weighted by Gasteiger charge is 2.20. The van der Waals surface area contributed by atoms with Crippen LogP contribution in [0.5, 0.6) is 11.5 Å². The Kier molecular flexibility index (Phi) is 3.61. The van der Waals surface area contributed by atoms with Crippen LogP contribution < -0.4 is 15.8 Å². The smallest absolute Gasteiger partial charge is 0.228 e. The second-order valence-electron chi connectivity index (χ2n) is 4.57. The molecule has 3 rings (SSSR count). The molecule has 2 aromatic rings. The average Bonchev–Trinajstić information content (AvgIpc) is 2.75. The summed E-state index contributed by atoms with van der Waals surface area (Å²) < 4.78 is 5.68. The van der Waals surface area contributed by atoms with E-state index in [4.69, 9.17) is 45.3 Å². The number of benzene rings is 2. The van der Waals surface area contributed by atoms with Crippen LogP contribution in [0.25, 0.3) is 0 Å². The van der Waals surface area contributed by atoms with Gasteiger partial charge >= 0.3 is 0 Å². The molecule has 1 heterocycles. The molecule has 108 valence electrons. The van der Waals surface area contributed by atoms with E-state index in [2.05, 4.69) is 5.32 Å². The number of fused-ring (bicyclic) bond motifs is 1. The van der Waals surface area contributed by atoms with Crippen LogP contribution in [-0.4, -0.2) is 5.91 Å². The lowest BCUT2D eigenvalue weighted by Gasteiger charge is -2.12. The first-order chi connectivity index (χ1) is 9.94. The van der Waals surface area contributed by atoms with Crippen LogP contribution in [-0.2, 0) is 11.2 Å². The Morgan fingerprint density at radius 1 is 1.00 bits per heavy atom. The molecule has 3 N–H and O–H groups in total. The topological polar surface area (TPSA) is 64.3 Å². The van der Waals surface area contributed by atoms with Crippen LogP contribution in [0.15, 0.2) is 24.3 Å². The molecule has 1 aliphatic heterocycles. The van der Waals surface area contributed by atoms with E-state index in [0.29, 0.717) is 44.4 Å². The van der Waals surface area contributed by atoms with Gasteiger partial charge in [0.2, 0.25) is 5.91 Å². The quantitative estimate of drug-likeness (QED) is 0.622. The third-order valence-electron chi connectivity index (χ3n) is 3.06. The molecular weight excluding hydrogens is 335 g/mol. The number of carbonyl (C=O) groups is 1. The molecule has 0 fully saturated rings. The normalized spacial score (nSPS) is 13.0. The minimum Gasteiger partial charge on any atom is -0.453 e. The van der Waals surface area contributed by atoms with E-state index < -0.39 is 0 Å². The number of carbonyl (C=O) groups excluding carboxylic acids is 1. The van der Waals surface area contributed by atoms with Crippen LogP contribution in [0.1, 0.15) is 5.56 Å². The number of nitrogens with two attached hydrogens (primary N) is 1. The van der Waals surface area contributed by atoms with Gasteiger partial charge in [-0.15, -0.1) is 0 Å². The molecule has 21 heavy (non-hydrogen) atoms. The second-order valence-corrected chi connectivity index (χ2v) is 5.79. The van der Waals surface area contributed by atoms with E-state index in [1.54, 1.807) is 12.1 Å². The average molecular weight is 344 g/mol. The number of anilines is 2. The molecule has 2 aromatic carbocycles. The number of ether oxygens (including phenoxy) is 1. The Balaban J connectivity index is 1.98. The van der Waals surface area contributed by atoms with Crippen molar-refractivity contribution < 1.29 is 9.53 Å². The lowest BCUT2D eigenvalue weighted by molar-refractivity contribution is -0.115. The summed E-state index contributed by atoms with van der Waals surface area (Å²) in [5, 5.41) is 3.70. The van der Waals surface area contributed by atoms with Crippen LogP contribution in [0.3, 0.4) is 0 Å². The number of hydrogen-bond acceptors (Lipinski definition) is 3. The van der Waals surface area contributed by atoms with E-state index in [-0.39, 0.29) is 5.91 Å². The third-order valence-corrected chi connectivity index (χ3v) is 4.07. The van der Waals surface area contributed by atoms with Crippen molar-refractivity contribution in [2.45, 2.75) is 6.42 Å². The van der Waals surface area contributed by atoms with Gasteiger partial charge in [-0.1, -0.05) is 34.8 Å². The predicted molar refractivity (Wildman–Crippen MR) is 84.7 cm³/mol. The van der Waals surface area contributed by atoms with Gasteiger partial charge in [-0.05, 0) is 17.7 Å². The van der Waals surface area contributed by atoms with Crippen molar-refractivity contribution in [2.24, 2.45) is 0 Å². The standard InChI is InChI=1S/C14H9Cl3N2O2/c15-7-3-9(17)12(4-8(7)16)21-13-5-11-6(1-10(13)18)2-14(20)19-11/h1,3-5H,2,18H2,(H,19,20). The molecule has 0 aliphatic carbocycles. The Bertz CT molecular complexity index is 762. The first-order valence-corrected chi connectivity index (χ1v) is 7.12. The summed E-state index contributed by atoms with van der Waals surface area (Å²) in [5.41, 5.74) is 7.87. The minimum absolute atomic E-state index is 0.0749. The van der Waals surface area contributed by atoms with Crippen molar-refractivity contribution in [1.29, 1.82) is 0 Å². The van der Waals surface area contributed by atoms with Gasteiger partial charge in [0, 0.05) is 17.8 Å². The van der Waals surface area contributed by atoms with Crippen molar-refractivity contribution in [3.63, 3.8) is 0 Å². The van der Waals surface area contributed by atoms with Gasteiger partial charge in [0.25, 0.3) is 0 Å². The van der Waals surface area contributed by atoms with Gasteiger partial charge in [-0.2, -0.15) is 0 Å². The van der Waals surface area contributed by atoms with Gasteiger partial charge < -0.3 is 15.8 Å². The molecule has 0 saturated heterocycles. The lowest BCUT2D eigenvalue weighted by atomic mass is 10.1. The summed E-state index contributed by atoms with van der Waals surface area (Å²) in [6.07, 6.45) is 0.313. The lowest BCUT2D eigenvalue weighted by Crippen LogP contribution is -2.03. The van der Waals surface area contributed by atoms with E-state index >= 15 is 0 Å². The Morgan fingerprint density at radius 2 is 1.71 bits per heavy atom. The molecule has 0 aromatic heterocycles. The van der Waals surface area contributed by atoms with Gasteiger partial charge in [0.15, 0.2) is 5.75 Å². The second kappa shape index (κ2) is 5.30. The number of halogens is 3. The maximum Gasteiger partial charge on any atom is 0.228 e. The number of hydrogen-bond donors (Lipinski definition) is 2. The number of nitrogens with one attached hydrogen (secondary N) is 1. The fourth-order valence-corrected chi connectivity index (χ4v) is 2.64. The van der Waals surface area contributed by atoms with E-state index in [0.717, 1.165) is 5.56 Å². The maximum absolute atomic E-state index is 11.4. The van der Waals surface area contributed by atoms with Crippen LogP contribution in [0.2, 0.25) is 15.1 Å². The van der Waals surface area contributed by atoms with Gasteiger partial charge in [0.05, 0.1) is 27.2 Å². The highest BCUT2D eigenvalue weighted by atomic mass is 35.5. The minimum atomic E-state index is -0.0749. The summed E-state index contributed by atoms with van der Waals surface area (Å²) in [4.78, 5) is 11.4. The maximum atomic E-state index is 11.4. The number of rotatable bonds is 2. The molecule has 0 radical (unpaired) electrons. The summed E-state index contributed by atoms with van der Waals surface area (Å²) in [6, 6.07) is 6.37. The van der Waals surface area contributed by atoms with Crippen LogP contribution >= 0.6 is 34.8 Å². The number of amides is 1. The molecule has 0 bridgehead atoms. The molecule has 1 aliphatic rings. The zero-order chi connectivity index (χ0) is 15.1. The van der Waals surface area contributed by atoms with E-state index in [1.165, 1.54) is 12.1 Å². The monoisotopic (exact) mass is 342 g/mol. The van der Waals surface area contributed by atoms with Gasteiger partial charge in [-0.3, -0.25) is 4.79 Å². The summed E-state index contributed by atoms with van der Waals surface area (Å²) in [6.45, 7) is 0. The molecule has 0 saturated carbocycles. The fraction of sp³-hybridized carbons (Fsp3) is 0.0714. The Morgan fingerprint density at radius 3 is 2.48 bits per heavy atom. The Hall–Kier alpha value is -1.62. The molecule has 7 heteroatoms. The molecular formula is C14H9Cl3N2O2. The molecule has 0 spiro atoms. The third kappa shape index (κ3) is 2.75. The molecule has 0 atom stereocenters. The van der Waals surface area contributed by atoms with Crippen molar-refractivity contribution in [1.82, 2.24) is 0 Å². The highest BCUT2D eigenvalue weighted by Crippen LogP contribution is 2.40. The summed E-state index contributed by atoms with van der Waals surface area (Å²) in [7, 11) is 0. The first kappa shape index (κ1) is 14.3. The van der Waals surface area contributed by atoms with Crippen LogP contribution in [0, 0.1) is 0 Å². The van der Waals surface area contributed by atoms with Gasteiger partial charge in [0.1, 0.15) is 5.75 Å². The first-order valence-electron chi connectivity index (χ1n) is 5.98. The SMILES string of the molecule is Nc1cc2c(cc1Oc1cc(Cl)c(Cl)cc1Cl)NC(=O)C2. The largest absolute Gasteiger partial charge is 0.453 e. The highest BCUT2D eigenvalue weighted by molar-refractivity contribution is 6.43. The predicted octanol–water partition coefficient (Wildman–Crippen LogP) is 4.52. The molecule has 4 nitrogen and oxygen atoms in total. The fourth-order valence-electron chi connectivity index (χ4n) is 2.06. The summed E-state index contributed by atoms with van der Waals surface area (Å²) >= 11 is 17.9.